The molecule has 31 heavy (non-hydrogen) atoms. The molecule has 0 bridgehead atoms. The SMILES string of the molecule is OCC1(c2ccc(-c3nc4cc(OC5CO[C@@H]6C(O)CO[C@H]56)[nH]c4cc3Cl)cc2)CC1. The van der Waals surface area contributed by atoms with Crippen molar-refractivity contribution in [2.24, 2.45) is 0 Å². The highest BCUT2D eigenvalue weighted by Crippen LogP contribution is 2.48. The van der Waals surface area contributed by atoms with Crippen molar-refractivity contribution >= 4 is 22.6 Å². The van der Waals surface area contributed by atoms with E-state index in [-0.39, 0.29) is 36.9 Å². The second-order valence-electron chi connectivity index (χ2n) is 8.72. The molecule has 3 aromatic rings. The lowest BCUT2D eigenvalue weighted by atomic mass is 9.95. The van der Waals surface area contributed by atoms with E-state index in [0.29, 0.717) is 23.2 Å². The van der Waals surface area contributed by atoms with Crippen molar-refractivity contribution in [2.45, 2.75) is 42.7 Å². The quantitative estimate of drug-likeness (QED) is 0.562. The van der Waals surface area contributed by atoms with Crippen LogP contribution in [0, 0.1) is 0 Å². The molecular weight excluding hydrogens is 420 g/mol. The zero-order chi connectivity index (χ0) is 21.2. The van der Waals surface area contributed by atoms with Crippen molar-refractivity contribution in [3.05, 3.63) is 47.0 Å². The molecule has 3 aliphatic rings. The molecule has 162 valence electrons. The van der Waals surface area contributed by atoms with E-state index in [1.165, 1.54) is 0 Å². The Morgan fingerprint density at radius 3 is 2.65 bits per heavy atom. The predicted octanol–water partition coefficient (Wildman–Crippen LogP) is 2.81. The zero-order valence-corrected chi connectivity index (χ0v) is 17.5. The molecule has 8 heteroatoms. The number of halogens is 1. The number of H-pyrrole nitrogens is 1. The van der Waals surface area contributed by atoms with Crippen LogP contribution in [0.15, 0.2) is 36.4 Å². The van der Waals surface area contributed by atoms with Gasteiger partial charge < -0.3 is 29.4 Å². The fraction of sp³-hybridized carbons (Fsp3) is 0.435. The molecule has 3 N–H and O–H groups in total. The molecule has 4 heterocycles. The number of nitrogens with one attached hydrogen (secondary N) is 1. The molecule has 2 unspecified atom stereocenters. The van der Waals surface area contributed by atoms with Gasteiger partial charge in [-0.2, -0.15) is 0 Å². The number of aliphatic hydroxyl groups is 2. The minimum atomic E-state index is -0.608. The van der Waals surface area contributed by atoms with Crippen LogP contribution in [-0.4, -0.2) is 64.4 Å². The normalized spacial score (nSPS) is 28.7. The van der Waals surface area contributed by atoms with Crippen LogP contribution in [0.1, 0.15) is 18.4 Å². The summed E-state index contributed by atoms with van der Waals surface area (Å²) in [6.45, 7) is 0.810. The fourth-order valence-electron chi connectivity index (χ4n) is 4.65. The van der Waals surface area contributed by atoms with Gasteiger partial charge in [-0.05, 0) is 24.5 Å². The molecule has 3 fully saturated rings. The van der Waals surface area contributed by atoms with Crippen LogP contribution in [0.4, 0.5) is 0 Å². The summed E-state index contributed by atoms with van der Waals surface area (Å²) in [5.41, 5.74) is 4.25. The summed E-state index contributed by atoms with van der Waals surface area (Å²) in [7, 11) is 0. The highest BCUT2D eigenvalue weighted by atomic mass is 35.5. The lowest BCUT2D eigenvalue weighted by Crippen LogP contribution is -2.34. The Hall–Kier alpha value is -2.16. The third kappa shape index (κ3) is 3.23. The minimum absolute atomic E-state index is 0.0609. The number of nitrogens with zero attached hydrogens (tertiary/aromatic N) is 1. The van der Waals surface area contributed by atoms with Crippen molar-refractivity contribution in [3.8, 4) is 17.1 Å². The molecule has 0 spiro atoms. The number of fused-ring (bicyclic) bond motifs is 2. The van der Waals surface area contributed by atoms with Gasteiger partial charge in [-0.1, -0.05) is 35.9 Å². The third-order valence-corrected chi connectivity index (χ3v) is 7.01. The second kappa shape index (κ2) is 7.18. The maximum Gasteiger partial charge on any atom is 0.193 e. The number of ether oxygens (including phenoxy) is 3. The fourth-order valence-corrected chi connectivity index (χ4v) is 4.91. The summed E-state index contributed by atoms with van der Waals surface area (Å²) in [6.07, 6.45) is 0.537. The van der Waals surface area contributed by atoms with Crippen molar-refractivity contribution in [3.63, 3.8) is 0 Å². The van der Waals surface area contributed by atoms with Crippen LogP contribution in [0.5, 0.6) is 5.88 Å². The van der Waals surface area contributed by atoms with Crippen LogP contribution in [0.3, 0.4) is 0 Å². The molecule has 0 amide bonds. The number of aromatic nitrogens is 2. The Morgan fingerprint density at radius 2 is 1.90 bits per heavy atom. The van der Waals surface area contributed by atoms with Gasteiger partial charge in [-0.3, -0.25) is 0 Å². The van der Waals surface area contributed by atoms with Gasteiger partial charge in [-0.15, -0.1) is 0 Å². The summed E-state index contributed by atoms with van der Waals surface area (Å²) < 4.78 is 17.3. The maximum absolute atomic E-state index is 9.90. The summed E-state index contributed by atoms with van der Waals surface area (Å²) in [5, 5.41) is 20.1. The van der Waals surface area contributed by atoms with Gasteiger partial charge in [0, 0.05) is 17.0 Å². The molecule has 4 atom stereocenters. The molecule has 1 aliphatic carbocycles. The monoisotopic (exact) mass is 442 g/mol. The van der Waals surface area contributed by atoms with E-state index in [2.05, 4.69) is 17.1 Å². The number of pyridine rings is 1. The zero-order valence-electron chi connectivity index (χ0n) is 16.8. The van der Waals surface area contributed by atoms with Gasteiger partial charge in [0.2, 0.25) is 0 Å². The van der Waals surface area contributed by atoms with Crippen LogP contribution in [-0.2, 0) is 14.9 Å². The van der Waals surface area contributed by atoms with Crippen molar-refractivity contribution < 1.29 is 24.4 Å². The molecule has 6 rings (SSSR count). The van der Waals surface area contributed by atoms with Gasteiger partial charge in [0.15, 0.2) is 12.0 Å². The Bertz CT molecular complexity index is 1130. The highest BCUT2D eigenvalue weighted by molar-refractivity contribution is 6.33. The molecule has 7 nitrogen and oxygen atoms in total. The first-order chi connectivity index (χ1) is 15.1. The summed E-state index contributed by atoms with van der Waals surface area (Å²) in [4.78, 5) is 7.96. The molecule has 2 aliphatic heterocycles. The molecule has 2 saturated heterocycles. The summed E-state index contributed by atoms with van der Waals surface area (Å²) >= 11 is 6.54. The standard InChI is InChI=1S/C23H23ClN2O5/c24-14-7-15-16(8-19(25-15)31-18-10-30-21-17(28)9-29-22(18)21)26-20(14)12-1-3-13(4-2-12)23(11-27)5-6-23/h1-4,7-8,17-18,21-22,25,27-28H,5-6,9-11H2/t17?,18?,21-,22-/m1/s1. The summed E-state index contributed by atoms with van der Waals surface area (Å²) in [5.74, 6) is 0.559. The summed E-state index contributed by atoms with van der Waals surface area (Å²) in [6, 6.07) is 11.8. The minimum Gasteiger partial charge on any atom is -0.470 e. The van der Waals surface area contributed by atoms with Gasteiger partial charge in [0.25, 0.3) is 0 Å². The van der Waals surface area contributed by atoms with Gasteiger partial charge >= 0.3 is 0 Å². The van der Waals surface area contributed by atoms with Crippen molar-refractivity contribution in [1.29, 1.82) is 0 Å². The number of aliphatic hydroxyl groups excluding tert-OH is 2. The van der Waals surface area contributed by atoms with Gasteiger partial charge in [0.1, 0.15) is 18.3 Å². The Kier molecular flexibility index (Phi) is 4.52. The predicted molar refractivity (Wildman–Crippen MR) is 114 cm³/mol. The maximum atomic E-state index is 9.90. The highest BCUT2D eigenvalue weighted by Gasteiger charge is 2.48. The van der Waals surface area contributed by atoms with E-state index >= 15 is 0 Å². The van der Waals surface area contributed by atoms with E-state index in [0.717, 1.165) is 35.0 Å². The van der Waals surface area contributed by atoms with Crippen LogP contribution < -0.4 is 4.74 Å². The van der Waals surface area contributed by atoms with Gasteiger partial charge in [-0.25, -0.2) is 4.98 Å². The molecule has 0 radical (unpaired) electrons. The Morgan fingerprint density at radius 1 is 1.13 bits per heavy atom. The van der Waals surface area contributed by atoms with Crippen molar-refractivity contribution in [2.75, 3.05) is 19.8 Å². The largest absolute Gasteiger partial charge is 0.470 e. The Balaban J connectivity index is 1.26. The third-order valence-electron chi connectivity index (χ3n) is 6.72. The topological polar surface area (TPSA) is 96.8 Å². The van der Waals surface area contributed by atoms with E-state index in [4.69, 9.17) is 30.8 Å². The van der Waals surface area contributed by atoms with Crippen LogP contribution in [0.2, 0.25) is 5.02 Å². The Labute approximate surface area is 183 Å². The smallest absolute Gasteiger partial charge is 0.193 e. The van der Waals surface area contributed by atoms with Crippen LogP contribution in [0.25, 0.3) is 22.3 Å². The number of benzene rings is 1. The first-order valence-electron chi connectivity index (χ1n) is 10.6. The number of hydrogen-bond donors (Lipinski definition) is 3. The van der Waals surface area contributed by atoms with Crippen LogP contribution >= 0.6 is 11.6 Å². The van der Waals surface area contributed by atoms with E-state index in [1.807, 2.05) is 24.3 Å². The molecular formula is C23H23ClN2O5. The van der Waals surface area contributed by atoms with E-state index in [1.54, 1.807) is 0 Å². The molecule has 1 saturated carbocycles. The number of rotatable bonds is 5. The van der Waals surface area contributed by atoms with Crippen molar-refractivity contribution in [1.82, 2.24) is 9.97 Å². The van der Waals surface area contributed by atoms with E-state index in [9.17, 15) is 10.2 Å². The van der Waals surface area contributed by atoms with E-state index < -0.39 is 6.10 Å². The van der Waals surface area contributed by atoms with Gasteiger partial charge in [0.05, 0.1) is 41.6 Å². The lowest BCUT2D eigenvalue weighted by molar-refractivity contribution is 0.00794. The first-order valence-corrected chi connectivity index (χ1v) is 10.9. The molecule has 2 aromatic heterocycles. The number of hydrogen-bond acceptors (Lipinski definition) is 6. The second-order valence-corrected chi connectivity index (χ2v) is 9.13. The average molecular weight is 443 g/mol. The first kappa shape index (κ1) is 19.5. The number of aromatic amines is 1. The molecule has 1 aromatic carbocycles. The average Bonchev–Trinajstić information content (AvgIpc) is 3.12. The lowest BCUT2D eigenvalue weighted by Gasteiger charge is -2.16.